The molecule has 0 bridgehead atoms. The number of aliphatic hydroxyl groups is 4. The van der Waals surface area contributed by atoms with Crippen LogP contribution in [0.4, 0.5) is 0 Å². The molecule has 6 unspecified atom stereocenters. The first-order valence-corrected chi connectivity index (χ1v) is 9.43. The van der Waals surface area contributed by atoms with Crippen LogP contribution in [0.3, 0.4) is 0 Å². The average molecular weight is 352 g/mol. The van der Waals surface area contributed by atoms with Crippen LogP contribution in [0.2, 0.25) is 0 Å². The van der Waals surface area contributed by atoms with Gasteiger partial charge >= 0.3 is 0 Å². The smallest absolute Gasteiger partial charge is 0.169 e. The highest BCUT2D eigenvalue weighted by atomic mass is 16.3. The molecule has 0 aromatic heterocycles. The fourth-order valence-electron chi connectivity index (χ4n) is 5.85. The summed E-state index contributed by atoms with van der Waals surface area (Å²) in [5, 5.41) is 41.3. The molecule has 6 atom stereocenters. The molecule has 0 saturated heterocycles. The zero-order chi connectivity index (χ0) is 18.8. The third-order valence-corrected chi connectivity index (χ3v) is 7.76. The second-order valence-corrected chi connectivity index (χ2v) is 9.47. The molecule has 0 aromatic carbocycles. The van der Waals surface area contributed by atoms with Crippen molar-refractivity contribution in [3.05, 3.63) is 11.1 Å². The Balaban J connectivity index is 2.13. The van der Waals surface area contributed by atoms with Crippen molar-refractivity contribution in [1.29, 1.82) is 0 Å². The van der Waals surface area contributed by atoms with Crippen LogP contribution in [0, 0.1) is 22.2 Å². The van der Waals surface area contributed by atoms with Gasteiger partial charge in [-0.05, 0) is 50.4 Å². The van der Waals surface area contributed by atoms with Crippen LogP contribution in [-0.2, 0) is 4.79 Å². The van der Waals surface area contributed by atoms with Gasteiger partial charge in [-0.25, -0.2) is 0 Å². The lowest BCUT2D eigenvalue weighted by molar-refractivity contribution is -0.141. The van der Waals surface area contributed by atoms with Gasteiger partial charge in [0.1, 0.15) is 0 Å². The van der Waals surface area contributed by atoms with E-state index in [0.717, 1.165) is 12.0 Å². The minimum atomic E-state index is -1.14. The Kier molecular flexibility index (Phi) is 4.47. The molecule has 3 rings (SSSR count). The quantitative estimate of drug-likeness (QED) is 0.605. The maximum atomic E-state index is 13.2. The first kappa shape index (κ1) is 19.0. The lowest BCUT2D eigenvalue weighted by atomic mass is 9.46. The minimum Gasteiger partial charge on any atom is -0.394 e. The molecule has 5 nitrogen and oxygen atoms in total. The largest absolute Gasteiger partial charge is 0.394 e. The molecule has 0 radical (unpaired) electrons. The van der Waals surface area contributed by atoms with Crippen molar-refractivity contribution in [3.8, 4) is 0 Å². The summed E-state index contributed by atoms with van der Waals surface area (Å²) in [6, 6.07) is 0. The number of hydrogen-bond acceptors (Lipinski definition) is 5. The molecule has 5 heteroatoms. The zero-order valence-corrected chi connectivity index (χ0v) is 15.7. The molecule has 3 aliphatic rings. The summed E-state index contributed by atoms with van der Waals surface area (Å²) in [4.78, 5) is 13.2. The number of carbonyl (C=O) groups excluding carboxylic acids is 1. The highest BCUT2D eigenvalue weighted by Gasteiger charge is 2.60. The molecule has 0 spiro atoms. The van der Waals surface area contributed by atoms with Crippen molar-refractivity contribution >= 4 is 5.78 Å². The van der Waals surface area contributed by atoms with Crippen molar-refractivity contribution in [1.82, 2.24) is 0 Å². The highest BCUT2D eigenvalue weighted by molar-refractivity contribution is 6.03. The molecular formula is C20H32O5. The Morgan fingerprint density at radius 1 is 1.16 bits per heavy atom. The first-order valence-electron chi connectivity index (χ1n) is 9.43. The molecule has 142 valence electrons. The Bertz CT molecular complexity index is 609. The lowest BCUT2D eigenvalue weighted by Crippen LogP contribution is -2.58. The fraction of sp³-hybridized carbons (Fsp3) is 0.850. The van der Waals surface area contributed by atoms with Gasteiger partial charge in [0.2, 0.25) is 0 Å². The maximum Gasteiger partial charge on any atom is 0.169 e. The summed E-state index contributed by atoms with van der Waals surface area (Å²) in [6.07, 6.45) is 0.505. The second-order valence-electron chi connectivity index (χ2n) is 9.47. The predicted octanol–water partition coefficient (Wildman–Crippen LogP) is 1.57. The third-order valence-electron chi connectivity index (χ3n) is 7.76. The van der Waals surface area contributed by atoms with Crippen molar-refractivity contribution in [2.24, 2.45) is 22.2 Å². The summed E-state index contributed by atoms with van der Waals surface area (Å²) in [5.41, 5.74) is -0.340. The Hall–Kier alpha value is -0.750. The molecule has 25 heavy (non-hydrogen) atoms. The van der Waals surface area contributed by atoms with Gasteiger partial charge < -0.3 is 20.4 Å². The van der Waals surface area contributed by atoms with Crippen molar-refractivity contribution in [3.63, 3.8) is 0 Å². The Morgan fingerprint density at radius 3 is 2.40 bits per heavy atom. The van der Waals surface area contributed by atoms with Crippen LogP contribution >= 0.6 is 0 Å². The van der Waals surface area contributed by atoms with Gasteiger partial charge in [-0.1, -0.05) is 26.3 Å². The minimum absolute atomic E-state index is 0.0120. The number of fused-ring (bicyclic) bond motifs is 2. The monoisotopic (exact) mass is 352 g/mol. The van der Waals surface area contributed by atoms with E-state index in [9.17, 15) is 25.2 Å². The van der Waals surface area contributed by atoms with Gasteiger partial charge in [0.25, 0.3) is 0 Å². The summed E-state index contributed by atoms with van der Waals surface area (Å²) >= 11 is 0. The summed E-state index contributed by atoms with van der Waals surface area (Å²) in [5.74, 6) is -0.157. The second kappa shape index (κ2) is 5.88. The van der Waals surface area contributed by atoms with E-state index in [0.29, 0.717) is 31.3 Å². The molecule has 0 amide bonds. The van der Waals surface area contributed by atoms with Gasteiger partial charge in [-0.3, -0.25) is 4.79 Å². The van der Waals surface area contributed by atoms with E-state index in [1.165, 1.54) is 0 Å². The molecule has 1 saturated carbocycles. The molecule has 4 N–H and O–H groups in total. The molecule has 0 aromatic rings. The van der Waals surface area contributed by atoms with Gasteiger partial charge in [-0.15, -0.1) is 0 Å². The number of ketones is 1. The van der Waals surface area contributed by atoms with Gasteiger partial charge in [0.15, 0.2) is 5.78 Å². The van der Waals surface area contributed by atoms with Crippen LogP contribution < -0.4 is 0 Å². The SMILES string of the molecule is CC1(C)CCC(O)C2(C)C3=C(C(=O)C(C)(C(O)CO)CC3)C(O)CC12. The van der Waals surface area contributed by atoms with Crippen molar-refractivity contribution in [2.45, 2.75) is 78.1 Å². The summed E-state index contributed by atoms with van der Waals surface area (Å²) < 4.78 is 0. The van der Waals surface area contributed by atoms with E-state index in [1.54, 1.807) is 6.92 Å². The van der Waals surface area contributed by atoms with Gasteiger partial charge in [0.05, 0.1) is 30.3 Å². The molecule has 0 heterocycles. The van der Waals surface area contributed by atoms with E-state index in [1.807, 2.05) is 6.92 Å². The van der Waals surface area contributed by atoms with Crippen LogP contribution in [-0.4, -0.2) is 51.1 Å². The third kappa shape index (κ3) is 2.47. The van der Waals surface area contributed by atoms with Crippen LogP contribution in [0.1, 0.15) is 59.8 Å². The average Bonchev–Trinajstić information content (AvgIpc) is 2.56. The maximum absolute atomic E-state index is 13.2. The molecule has 1 fully saturated rings. The van der Waals surface area contributed by atoms with Crippen molar-refractivity contribution < 1.29 is 25.2 Å². The van der Waals surface area contributed by atoms with E-state index in [4.69, 9.17) is 0 Å². The van der Waals surface area contributed by atoms with E-state index < -0.39 is 35.7 Å². The first-order chi connectivity index (χ1) is 11.5. The van der Waals surface area contributed by atoms with Gasteiger partial charge in [0, 0.05) is 11.0 Å². The number of carbonyl (C=O) groups is 1. The Morgan fingerprint density at radius 2 is 1.80 bits per heavy atom. The number of Topliss-reactive ketones (excluding diaryl/α,β-unsaturated/α-hetero) is 1. The number of rotatable bonds is 2. The van der Waals surface area contributed by atoms with Crippen LogP contribution in [0.25, 0.3) is 0 Å². The number of hydrogen-bond donors (Lipinski definition) is 4. The van der Waals surface area contributed by atoms with Gasteiger partial charge in [-0.2, -0.15) is 0 Å². The zero-order valence-electron chi connectivity index (χ0n) is 15.7. The topological polar surface area (TPSA) is 98.0 Å². The van der Waals surface area contributed by atoms with Crippen LogP contribution in [0.5, 0.6) is 0 Å². The van der Waals surface area contributed by atoms with E-state index >= 15 is 0 Å². The fourth-order valence-corrected chi connectivity index (χ4v) is 5.85. The normalized spacial score (nSPS) is 45.0. The summed E-state index contributed by atoms with van der Waals surface area (Å²) in [6.45, 7) is 7.61. The van der Waals surface area contributed by atoms with E-state index in [2.05, 4.69) is 13.8 Å². The van der Waals surface area contributed by atoms with E-state index in [-0.39, 0.29) is 17.1 Å². The molecule has 3 aliphatic carbocycles. The lowest BCUT2D eigenvalue weighted by Gasteiger charge is -2.59. The van der Waals surface area contributed by atoms with Crippen molar-refractivity contribution in [2.75, 3.05) is 6.61 Å². The summed E-state index contributed by atoms with van der Waals surface area (Å²) in [7, 11) is 0. The Labute approximate surface area is 149 Å². The molecule has 0 aliphatic heterocycles. The standard InChI is InChI=1S/C20H32O5/c1-18(2)7-6-14(23)20(4)11-5-8-19(3,15(24)10-21)17(25)16(11)12(22)9-13(18)20/h12-15,21-24H,5-10H2,1-4H3. The highest BCUT2D eigenvalue weighted by Crippen LogP contribution is 2.62. The van der Waals surface area contributed by atoms with Crippen LogP contribution in [0.15, 0.2) is 11.1 Å². The predicted molar refractivity (Wildman–Crippen MR) is 93.7 cm³/mol. The molecular weight excluding hydrogens is 320 g/mol. The number of aliphatic hydroxyl groups excluding tert-OH is 4.